The molecule has 0 radical (unpaired) electrons. The molecule has 0 aliphatic carbocycles. The Labute approximate surface area is 201 Å². The standard InChI is InChI=1S/C22H32FN7.HI/c1-15(2)7-8-16(3)28-22(26-4)27-13-5-6-20-19(14-24)21(25)30(29-20)18-11-9-17(23)10-12-18;/h9-12,15-16H,5-8,13,25H2,1-4H3,(H2,26,27,28);1H. The number of nitrogens with one attached hydrogen (secondary N) is 2. The van der Waals surface area contributed by atoms with E-state index in [1.807, 2.05) is 0 Å². The second-order valence-corrected chi connectivity index (χ2v) is 7.83. The summed E-state index contributed by atoms with van der Waals surface area (Å²) in [4.78, 5) is 4.27. The van der Waals surface area contributed by atoms with E-state index < -0.39 is 0 Å². The van der Waals surface area contributed by atoms with Crippen LogP contribution in [0.25, 0.3) is 5.69 Å². The van der Waals surface area contributed by atoms with Gasteiger partial charge in [0.15, 0.2) is 5.96 Å². The summed E-state index contributed by atoms with van der Waals surface area (Å²) < 4.78 is 14.7. The molecule has 0 spiro atoms. The summed E-state index contributed by atoms with van der Waals surface area (Å²) in [6.45, 7) is 7.28. The van der Waals surface area contributed by atoms with Gasteiger partial charge in [0.1, 0.15) is 23.3 Å². The van der Waals surface area contributed by atoms with Crippen molar-refractivity contribution in [2.24, 2.45) is 10.9 Å². The van der Waals surface area contributed by atoms with Crippen LogP contribution in [-0.4, -0.2) is 35.4 Å². The Morgan fingerprint density at radius 1 is 1.26 bits per heavy atom. The van der Waals surface area contributed by atoms with Gasteiger partial charge in [0, 0.05) is 19.6 Å². The number of guanidine groups is 1. The Morgan fingerprint density at radius 3 is 2.52 bits per heavy atom. The average Bonchev–Trinajstić information content (AvgIpc) is 3.04. The maximum absolute atomic E-state index is 13.2. The summed E-state index contributed by atoms with van der Waals surface area (Å²) >= 11 is 0. The maximum Gasteiger partial charge on any atom is 0.191 e. The first-order valence-corrected chi connectivity index (χ1v) is 10.4. The number of anilines is 1. The summed E-state index contributed by atoms with van der Waals surface area (Å²) in [6.07, 6.45) is 3.61. The largest absolute Gasteiger partial charge is 0.382 e. The minimum absolute atomic E-state index is 0. The topological polar surface area (TPSA) is 104 Å². The second-order valence-electron chi connectivity index (χ2n) is 7.83. The molecule has 7 nitrogen and oxygen atoms in total. The van der Waals surface area contributed by atoms with Crippen LogP contribution in [0.2, 0.25) is 0 Å². The molecular formula is C22H33FIN7. The first-order valence-electron chi connectivity index (χ1n) is 10.4. The number of aryl methyl sites for hydroxylation is 1. The van der Waals surface area contributed by atoms with Crippen molar-refractivity contribution in [2.75, 3.05) is 19.3 Å². The summed E-state index contributed by atoms with van der Waals surface area (Å²) in [7, 11) is 1.75. The molecule has 0 bridgehead atoms. The number of benzene rings is 1. The molecule has 1 unspecified atom stereocenters. The molecule has 0 amide bonds. The third-order valence-electron chi connectivity index (χ3n) is 4.84. The highest BCUT2D eigenvalue weighted by Gasteiger charge is 2.16. The van der Waals surface area contributed by atoms with Crippen molar-refractivity contribution in [2.45, 2.75) is 52.5 Å². The fourth-order valence-electron chi connectivity index (χ4n) is 3.10. The Morgan fingerprint density at radius 2 is 1.94 bits per heavy atom. The van der Waals surface area contributed by atoms with Gasteiger partial charge >= 0.3 is 0 Å². The van der Waals surface area contributed by atoms with Crippen LogP contribution in [0.4, 0.5) is 10.2 Å². The molecule has 1 aromatic heterocycles. The smallest absolute Gasteiger partial charge is 0.191 e. The molecule has 31 heavy (non-hydrogen) atoms. The number of halogens is 2. The normalized spacial score (nSPS) is 12.2. The van der Waals surface area contributed by atoms with E-state index in [4.69, 9.17) is 5.73 Å². The zero-order chi connectivity index (χ0) is 22.1. The van der Waals surface area contributed by atoms with Crippen LogP contribution in [0.15, 0.2) is 29.3 Å². The molecule has 9 heteroatoms. The molecule has 2 aromatic rings. The molecule has 4 N–H and O–H groups in total. The molecule has 1 atom stereocenters. The van der Waals surface area contributed by atoms with Crippen molar-refractivity contribution in [3.63, 3.8) is 0 Å². The Hall–Kier alpha value is -2.35. The lowest BCUT2D eigenvalue weighted by Crippen LogP contribution is -2.42. The number of aliphatic imine (C=N–C) groups is 1. The van der Waals surface area contributed by atoms with E-state index in [1.54, 1.807) is 19.2 Å². The van der Waals surface area contributed by atoms with Crippen LogP contribution in [0, 0.1) is 23.1 Å². The Bertz CT molecular complexity index is 884. The van der Waals surface area contributed by atoms with E-state index in [0.717, 1.165) is 18.8 Å². The van der Waals surface area contributed by atoms with Crippen molar-refractivity contribution < 1.29 is 4.39 Å². The SMILES string of the molecule is CN=C(NCCCc1nn(-c2ccc(F)cc2)c(N)c1C#N)NC(C)CCC(C)C.I. The molecule has 0 fully saturated rings. The number of nitrogen functional groups attached to an aromatic ring is 1. The van der Waals surface area contributed by atoms with Crippen LogP contribution < -0.4 is 16.4 Å². The number of nitriles is 1. The van der Waals surface area contributed by atoms with E-state index in [1.165, 1.54) is 23.2 Å². The molecule has 0 saturated carbocycles. The van der Waals surface area contributed by atoms with E-state index in [2.05, 4.69) is 47.6 Å². The van der Waals surface area contributed by atoms with E-state index in [9.17, 15) is 9.65 Å². The molecule has 170 valence electrons. The lowest BCUT2D eigenvalue weighted by atomic mass is 10.0. The lowest BCUT2D eigenvalue weighted by Gasteiger charge is -2.18. The van der Waals surface area contributed by atoms with E-state index in [-0.39, 0.29) is 35.6 Å². The van der Waals surface area contributed by atoms with Gasteiger partial charge in [-0.1, -0.05) is 13.8 Å². The zero-order valence-electron chi connectivity index (χ0n) is 18.7. The molecule has 1 heterocycles. The van der Waals surface area contributed by atoms with Crippen molar-refractivity contribution >= 4 is 35.8 Å². The van der Waals surface area contributed by atoms with Crippen molar-refractivity contribution in [1.29, 1.82) is 5.26 Å². The molecule has 2 rings (SSSR count). The van der Waals surface area contributed by atoms with Gasteiger partial charge in [-0.2, -0.15) is 10.4 Å². The van der Waals surface area contributed by atoms with Gasteiger partial charge in [-0.3, -0.25) is 4.99 Å². The highest BCUT2D eigenvalue weighted by Crippen LogP contribution is 2.21. The van der Waals surface area contributed by atoms with Crippen molar-refractivity contribution in [3.8, 4) is 11.8 Å². The predicted molar refractivity (Wildman–Crippen MR) is 134 cm³/mol. The van der Waals surface area contributed by atoms with E-state index in [0.29, 0.717) is 41.9 Å². The number of nitrogens with zero attached hydrogens (tertiary/aromatic N) is 4. The van der Waals surface area contributed by atoms with Crippen LogP contribution in [0.3, 0.4) is 0 Å². The van der Waals surface area contributed by atoms with Crippen LogP contribution in [0.1, 0.15) is 51.3 Å². The molecular weight excluding hydrogens is 508 g/mol. The number of hydrogen-bond acceptors (Lipinski definition) is 4. The zero-order valence-corrected chi connectivity index (χ0v) is 21.0. The molecule has 1 aromatic carbocycles. The predicted octanol–water partition coefficient (Wildman–Crippen LogP) is 4.01. The van der Waals surface area contributed by atoms with Gasteiger partial charge in [0.05, 0.1) is 11.4 Å². The highest BCUT2D eigenvalue weighted by atomic mass is 127. The monoisotopic (exact) mass is 541 g/mol. The number of hydrogen-bond donors (Lipinski definition) is 3. The first kappa shape index (κ1) is 26.7. The third-order valence-corrected chi connectivity index (χ3v) is 4.84. The summed E-state index contributed by atoms with van der Waals surface area (Å²) in [5.41, 5.74) is 7.72. The molecule has 0 aliphatic rings. The van der Waals surface area contributed by atoms with Gasteiger partial charge in [0.25, 0.3) is 0 Å². The van der Waals surface area contributed by atoms with Gasteiger partial charge in [-0.25, -0.2) is 9.07 Å². The summed E-state index contributed by atoms with van der Waals surface area (Å²) in [5.74, 6) is 1.38. The Kier molecular flexibility index (Phi) is 11.3. The lowest BCUT2D eigenvalue weighted by molar-refractivity contribution is 0.489. The van der Waals surface area contributed by atoms with Crippen molar-refractivity contribution in [1.82, 2.24) is 20.4 Å². The van der Waals surface area contributed by atoms with Crippen LogP contribution in [-0.2, 0) is 6.42 Å². The summed E-state index contributed by atoms with van der Waals surface area (Å²) in [5, 5.41) is 20.7. The first-order chi connectivity index (χ1) is 14.3. The fourth-order valence-corrected chi connectivity index (χ4v) is 3.10. The van der Waals surface area contributed by atoms with Gasteiger partial charge < -0.3 is 16.4 Å². The van der Waals surface area contributed by atoms with Gasteiger partial charge in [0.2, 0.25) is 0 Å². The minimum atomic E-state index is -0.336. The Balaban J connectivity index is 0.00000480. The molecule has 0 aliphatic heterocycles. The second kappa shape index (κ2) is 13.1. The number of aromatic nitrogens is 2. The van der Waals surface area contributed by atoms with Crippen LogP contribution in [0.5, 0.6) is 0 Å². The van der Waals surface area contributed by atoms with Gasteiger partial charge in [-0.15, -0.1) is 24.0 Å². The highest BCUT2D eigenvalue weighted by molar-refractivity contribution is 14.0. The van der Waals surface area contributed by atoms with Gasteiger partial charge in [-0.05, 0) is 62.8 Å². The van der Waals surface area contributed by atoms with Crippen LogP contribution >= 0.6 is 24.0 Å². The number of rotatable bonds is 9. The maximum atomic E-state index is 13.2. The van der Waals surface area contributed by atoms with E-state index >= 15 is 0 Å². The fraction of sp³-hybridized carbons (Fsp3) is 0.500. The minimum Gasteiger partial charge on any atom is -0.382 e. The average molecular weight is 541 g/mol. The number of nitrogens with two attached hydrogens (primary N) is 1. The summed E-state index contributed by atoms with van der Waals surface area (Å²) in [6, 6.07) is 8.33. The third kappa shape index (κ3) is 8.01. The molecule has 0 saturated heterocycles. The van der Waals surface area contributed by atoms with Crippen molar-refractivity contribution in [3.05, 3.63) is 41.3 Å². The quantitative estimate of drug-likeness (QED) is 0.193.